The highest BCUT2D eigenvalue weighted by Crippen LogP contribution is 2.26. The highest BCUT2D eigenvalue weighted by Gasteiger charge is 2.12. The van der Waals surface area contributed by atoms with E-state index in [0.29, 0.717) is 6.61 Å². The molecule has 0 unspecified atom stereocenters. The van der Waals surface area contributed by atoms with E-state index < -0.39 is 0 Å². The van der Waals surface area contributed by atoms with Crippen molar-refractivity contribution in [1.82, 2.24) is 0 Å². The second-order valence-corrected chi connectivity index (χ2v) is 5.51. The smallest absolute Gasteiger partial charge is 0.0736 e. The number of nitrogens with one attached hydrogen (secondary N) is 1. The molecule has 0 amide bonds. The Bertz CT molecular complexity index is 358. The topological polar surface area (TPSA) is 21.3 Å². The maximum atomic E-state index is 5.52. The van der Waals surface area contributed by atoms with Crippen molar-refractivity contribution in [2.24, 2.45) is 5.92 Å². The SMILES string of the molecule is CCOCc1ccccc1NCCC1CCCCC1. The van der Waals surface area contributed by atoms with Crippen molar-refractivity contribution in [1.29, 1.82) is 0 Å². The summed E-state index contributed by atoms with van der Waals surface area (Å²) >= 11 is 0. The fourth-order valence-corrected chi connectivity index (χ4v) is 2.92. The monoisotopic (exact) mass is 261 g/mol. The third kappa shape index (κ3) is 4.87. The van der Waals surface area contributed by atoms with Crippen LogP contribution in [0.3, 0.4) is 0 Å². The molecule has 0 atom stereocenters. The van der Waals surface area contributed by atoms with Gasteiger partial charge in [-0.15, -0.1) is 0 Å². The molecule has 1 saturated carbocycles. The van der Waals surface area contributed by atoms with Gasteiger partial charge in [-0.3, -0.25) is 0 Å². The van der Waals surface area contributed by atoms with E-state index in [1.807, 2.05) is 6.92 Å². The Morgan fingerprint density at radius 2 is 1.95 bits per heavy atom. The molecule has 2 heteroatoms. The molecule has 0 bridgehead atoms. The van der Waals surface area contributed by atoms with Crippen molar-refractivity contribution in [3.63, 3.8) is 0 Å². The van der Waals surface area contributed by atoms with Crippen LogP contribution in [0, 0.1) is 5.92 Å². The molecule has 0 aromatic heterocycles. The van der Waals surface area contributed by atoms with E-state index >= 15 is 0 Å². The second-order valence-electron chi connectivity index (χ2n) is 5.51. The van der Waals surface area contributed by atoms with Crippen molar-refractivity contribution in [2.45, 2.75) is 52.1 Å². The van der Waals surface area contributed by atoms with Gasteiger partial charge in [-0.25, -0.2) is 0 Å². The fraction of sp³-hybridized carbons (Fsp3) is 0.647. The summed E-state index contributed by atoms with van der Waals surface area (Å²) in [5, 5.41) is 3.59. The molecule has 2 rings (SSSR count). The molecular formula is C17H27NO. The van der Waals surface area contributed by atoms with Gasteiger partial charge in [-0.05, 0) is 25.3 Å². The van der Waals surface area contributed by atoms with E-state index in [4.69, 9.17) is 4.74 Å². The van der Waals surface area contributed by atoms with E-state index in [9.17, 15) is 0 Å². The lowest BCUT2D eigenvalue weighted by molar-refractivity contribution is 0.134. The van der Waals surface area contributed by atoms with Crippen molar-refractivity contribution in [2.75, 3.05) is 18.5 Å². The molecule has 1 aromatic rings. The van der Waals surface area contributed by atoms with Gasteiger partial charge in [0.2, 0.25) is 0 Å². The molecule has 0 radical (unpaired) electrons. The van der Waals surface area contributed by atoms with Gasteiger partial charge in [-0.1, -0.05) is 50.3 Å². The van der Waals surface area contributed by atoms with Crippen LogP contribution < -0.4 is 5.32 Å². The molecule has 1 fully saturated rings. The number of hydrogen-bond acceptors (Lipinski definition) is 2. The van der Waals surface area contributed by atoms with Crippen LogP contribution in [0.4, 0.5) is 5.69 Å². The lowest BCUT2D eigenvalue weighted by Crippen LogP contribution is -2.13. The van der Waals surface area contributed by atoms with Gasteiger partial charge in [0.1, 0.15) is 0 Å². The molecule has 0 aliphatic heterocycles. The Morgan fingerprint density at radius 3 is 2.74 bits per heavy atom. The molecule has 0 spiro atoms. The van der Waals surface area contributed by atoms with E-state index in [1.54, 1.807) is 0 Å². The van der Waals surface area contributed by atoms with Gasteiger partial charge >= 0.3 is 0 Å². The van der Waals surface area contributed by atoms with Crippen LogP contribution in [-0.4, -0.2) is 13.2 Å². The van der Waals surface area contributed by atoms with Crippen molar-refractivity contribution >= 4 is 5.69 Å². The Morgan fingerprint density at radius 1 is 1.16 bits per heavy atom. The summed E-state index contributed by atoms with van der Waals surface area (Å²) in [4.78, 5) is 0. The zero-order chi connectivity index (χ0) is 13.3. The number of rotatable bonds is 7. The van der Waals surface area contributed by atoms with Gasteiger partial charge in [0.15, 0.2) is 0 Å². The first-order chi connectivity index (χ1) is 9.40. The Hall–Kier alpha value is -1.02. The maximum Gasteiger partial charge on any atom is 0.0736 e. The van der Waals surface area contributed by atoms with E-state index in [-0.39, 0.29) is 0 Å². The molecule has 1 aromatic carbocycles. The van der Waals surface area contributed by atoms with Crippen LogP contribution in [0.5, 0.6) is 0 Å². The third-order valence-electron chi connectivity index (χ3n) is 4.07. The Labute approximate surface area is 117 Å². The summed E-state index contributed by atoms with van der Waals surface area (Å²) in [6.45, 7) is 4.62. The summed E-state index contributed by atoms with van der Waals surface area (Å²) in [5.74, 6) is 0.945. The number of para-hydroxylation sites is 1. The van der Waals surface area contributed by atoms with Crippen LogP contribution in [0.2, 0.25) is 0 Å². The molecule has 1 N–H and O–H groups in total. The Balaban J connectivity index is 1.77. The van der Waals surface area contributed by atoms with E-state index in [1.165, 1.54) is 49.8 Å². The molecule has 0 saturated heterocycles. The van der Waals surface area contributed by atoms with Crippen LogP contribution in [0.1, 0.15) is 51.0 Å². The maximum absolute atomic E-state index is 5.52. The van der Waals surface area contributed by atoms with Crippen LogP contribution in [0.15, 0.2) is 24.3 Å². The first kappa shape index (κ1) is 14.4. The lowest BCUT2D eigenvalue weighted by atomic mass is 9.87. The van der Waals surface area contributed by atoms with Gasteiger partial charge in [0, 0.05) is 24.4 Å². The minimum Gasteiger partial charge on any atom is -0.385 e. The summed E-state index contributed by atoms with van der Waals surface area (Å²) < 4.78 is 5.52. The zero-order valence-corrected chi connectivity index (χ0v) is 12.2. The number of anilines is 1. The average Bonchev–Trinajstić information content (AvgIpc) is 2.47. The molecule has 2 nitrogen and oxygen atoms in total. The number of ether oxygens (including phenoxy) is 1. The third-order valence-corrected chi connectivity index (χ3v) is 4.07. The van der Waals surface area contributed by atoms with Gasteiger partial charge < -0.3 is 10.1 Å². The summed E-state index contributed by atoms with van der Waals surface area (Å²) in [6.07, 6.45) is 8.49. The standard InChI is InChI=1S/C17H27NO/c1-2-19-14-16-10-6-7-11-17(16)18-13-12-15-8-4-3-5-9-15/h6-7,10-11,15,18H,2-5,8-9,12-14H2,1H3. The van der Waals surface area contributed by atoms with E-state index in [2.05, 4.69) is 29.6 Å². The predicted octanol–water partition coefficient (Wildman–Crippen LogP) is 4.61. The lowest BCUT2D eigenvalue weighted by Gasteiger charge is -2.22. The Kier molecular flexibility index (Phi) is 6.22. The predicted molar refractivity (Wildman–Crippen MR) is 81.5 cm³/mol. The van der Waals surface area contributed by atoms with Gasteiger partial charge in [0.25, 0.3) is 0 Å². The quantitative estimate of drug-likeness (QED) is 0.774. The van der Waals surface area contributed by atoms with Crippen molar-refractivity contribution in [3.8, 4) is 0 Å². The zero-order valence-electron chi connectivity index (χ0n) is 12.2. The van der Waals surface area contributed by atoms with Crippen LogP contribution in [0.25, 0.3) is 0 Å². The molecule has 1 aliphatic carbocycles. The summed E-state index contributed by atoms with van der Waals surface area (Å²) in [7, 11) is 0. The minimum absolute atomic E-state index is 0.711. The first-order valence-corrected chi connectivity index (χ1v) is 7.79. The fourth-order valence-electron chi connectivity index (χ4n) is 2.92. The van der Waals surface area contributed by atoms with Crippen molar-refractivity contribution < 1.29 is 4.74 Å². The highest BCUT2D eigenvalue weighted by molar-refractivity contribution is 5.50. The summed E-state index contributed by atoms with van der Waals surface area (Å²) in [6, 6.07) is 8.49. The average molecular weight is 261 g/mol. The minimum atomic E-state index is 0.711. The largest absolute Gasteiger partial charge is 0.385 e. The van der Waals surface area contributed by atoms with Crippen molar-refractivity contribution in [3.05, 3.63) is 29.8 Å². The first-order valence-electron chi connectivity index (χ1n) is 7.79. The number of benzene rings is 1. The summed E-state index contributed by atoms with van der Waals surface area (Å²) in [5.41, 5.74) is 2.51. The molecule has 0 heterocycles. The second kappa shape index (κ2) is 8.21. The highest BCUT2D eigenvalue weighted by atomic mass is 16.5. The molecule has 19 heavy (non-hydrogen) atoms. The molecular weight excluding hydrogens is 234 g/mol. The molecule has 1 aliphatic rings. The van der Waals surface area contributed by atoms with Gasteiger partial charge in [-0.2, -0.15) is 0 Å². The number of hydrogen-bond donors (Lipinski definition) is 1. The normalized spacial score (nSPS) is 16.5. The van der Waals surface area contributed by atoms with E-state index in [0.717, 1.165) is 19.1 Å². The van der Waals surface area contributed by atoms with Gasteiger partial charge in [0.05, 0.1) is 6.61 Å². The van der Waals surface area contributed by atoms with Crippen LogP contribution in [-0.2, 0) is 11.3 Å². The molecule has 106 valence electrons. The van der Waals surface area contributed by atoms with Crippen LogP contribution >= 0.6 is 0 Å².